The van der Waals surface area contributed by atoms with Crippen LogP contribution in [0.1, 0.15) is 31.9 Å². The Balaban J connectivity index is 1.91. The normalized spacial score (nSPS) is 13.6. The Morgan fingerprint density at radius 1 is 1.04 bits per heavy atom. The highest BCUT2D eigenvalue weighted by atomic mass is 16.5. The van der Waals surface area contributed by atoms with E-state index in [1.165, 1.54) is 0 Å². The maximum absolute atomic E-state index is 12.0. The van der Waals surface area contributed by atoms with Crippen LogP contribution in [-0.2, 0) is 13.0 Å². The molecule has 4 nitrogen and oxygen atoms in total. The van der Waals surface area contributed by atoms with Gasteiger partial charge in [0.15, 0.2) is 0 Å². The molecule has 0 aliphatic carbocycles. The third-order valence-corrected chi connectivity index (χ3v) is 3.39. The lowest BCUT2D eigenvalue weighted by Crippen LogP contribution is -2.42. The Hall–Kier alpha value is -2.33. The standard InChI is InChI=1S/C20H26N2O2/c1-20(2,3)22-19(23)18(21)13-15-9-11-17(12-10-15)24-14-16-7-5-4-6-8-16/h4-12,18H,13-14,21H2,1-3H3,(H,22,23)/p-1. The van der Waals surface area contributed by atoms with E-state index in [0.717, 1.165) is 16.9 Å². The monoisotopic (exact) mass is 325 g/mol. The van der Waals surface area contributed by atoms with Crippen molar-refractivity contribution < 1.29 is 9.84 Å². The highest BCUT2D eigenvalue weighted by Gasteiger charge is 2.10. The number of nitrogens with two attached hydrogens (primary N) is 1. The molecule has 24 heavy (non-hydrogen) atoms. The molecule has 2 aromatic carbocycles. The summed E-state index contributed by atoms with van der Waals surface area (Å²) in [5.41, 5.74) is 7.67. The zero-order chi connectivity index (χ0) is 17.6. The molecule has 2 rings (SSSR count). The van der Waals surface area contributed by atoms with E-state index in [9.17, 15) is 5.11 Å². The molecule has 0 fully saturated rings. The lowest BCUT2D eigenvalue weighted by Gasteiger charge is -2.24. The summed E-state index contributed by atoms with van der Waals surface area (Å²) in [6, 6.07) is 17.1. The van der Waals surface area contributed by atoms with Gasteiger partial charge in [-0.1, -0.05) is 42.5 Å². The fourth-order valence-electron chi connectivity index (χ4n) is 2.22. The van der Waals surface area contributed by atoms with Crippen LogP contribution in [0.25, 0.3) is 0 Å². The smallest absolute Gasteiger partial charge is 0.119 e. The number of hydrogen-bond donors (Lipinski definition) is 1. The lowest BCUT2D eigenvalue weighted by molar-refractivity contribution is -0.221. The number of hydrogen-bond acceptors (Lipinski definition) is 4. The van der Waals surface area contributed by atoms with E-state index in [1.54, 1.807) is 0 Å². The number of ether oxygens (including phenoxy) is 1. The molecule has 0 amide bonds. The van der Waals surface area contributed by atoms with E-state index in [1.807, 2.05) is 75.4 Å². The van der Waals surface area contributed by atoms with Crippen LogP contribution < -0.4 is 15.6 Å². The second kappa shape index (κ2) is 7.97. The van der Waals surface area contributed by atoms with Crippen LogP contribution in [-0.4, -0.2) is 17.5 Å². The molecule has 4 heteroatoms. The summed E-state index contributed by atoms with van der Waals surface area (Å²) >= 11 is 0. The molecule has 0 bridgehead atoms. The maximum Gasteiger partial charge on any atom is 0.119 e. The van der Waals surface area contributed by atoms with Crippen molar-refractivity contribution in [2.45, 2.75) is 45.4 Å². The van der Waals surface area contributed by atoms with Crippen LogP contribution in [0, 0.1) is 0 Å². The summed E-state index contributed by atoms with van der Waals surface area (Å²) in [7, 11) is 0. The third kappa shape index (κ3) is 6.05. The first-order valence-electron chi connectivity index (χ1n) is 8.11. The zero-order valence-electron chi connectivity index (χ0n) is 14.5. The van der Waals surface area contributed by atoms with Gasteiger partial charge < -0.3 is 15.6 Å². The Morgan fingerprint density at radius 3 is 2.25 bits per heavy atom. The molecule has 1 atom stereocenters. The van der Waals surface area contributed by atoms with Gasteiger partial charge in [0.2, 0.25) is 0 Å². The third-order valence-electron chi connectivity index (χ3n) is 3.39. The van der Waals surface area contributed by atoms with Crippen molar-refractivity contribution in [1.82, 2.24) is 0 Å². The first kappa shape index (κ1) is 18.0. The Kier molecular flexibility index (Phi) is 5.99. The topological polar surface area (TPSA) is 70.7 Å². The quantitative estimate of drug-likeness (QED) is 0.656. The van der Waals surface area contributed by atoms with Crippen LogP contribution in [0.5, 0.6) is 5.75 Å². The Labute approximate surface area is 144 Å². The molecule has 0 radical (unpaired) electrons. The van der Waals surface area contributed by atoms with Gasteiger partial charge in [-0.25, -0.2) is 0 Å². The zero-order valence-corrected chi connectivity index (χ0v) is 14.5. The fourth-order valence-corrected chi connectivity index (χ4v) is 2.22. The van der Waals surface area contributed by atoms with Crippen LogP contribution in [0.4, 0.5) is 0 Å². The van der Waals surface area contributed by atoms with Crippen molar-refractivity contribution >= 4 is 5.90 Å². The first-order valence-corrected chi connectivity index (χ1v) is 8.11. The van der Waals surface area contributed by atoms with Crippen molar-refractivity contribution in [1.29, 1.82) is 0 Å². The average molecular weight is 325 g/mol. The molecule has 0 heterocycles. The molecular formula is C20H25N2O2-. The highest BCUT2D eigenvalue weighted by molar-refractivity contribution is 5.78. The molecule has 2 aromatic rings. The van der Waals surface area contributed by atoms with E-state index in [2.05, 4.69) is 4.99 Å². The van der Waals surface area contributed by atoms with Crippen molar-refractivity contribution in [2.24, 2.45) is 10.7 Å². The fraction of sp³-hybridized carbons (Fsp3) is 0.350. The van der Waals surface area contributed by atoms with Crippen LogP contribution in [0.3, 0.4) is 0 Å². The van der Waals surface area contributed by atoms with Gasteiger partial charge in [-0.2, -0.15) is 0 Å². The molecule has 0 saturated heterocycles. The Bertz CT molecular complexity index is 658. The van der Waals surface area contributed by atoms with E-state index in [0.29, 0.717) is 13.0 Å². The predicted octanol–water partition coefficient (Wildman–Crippen LogP) is 2.69. The summed E-state index contributed by atoms with van der Waals surface area (Å²) in [6.07, 6.45) is 0.470. The number of benzene rings is 2. The summed E-state index contributed by atoms with van der Waals surface area (Å²) in [6.45, 7) is 6.19. The van der Waals surface area contributed by atoms with Gasteiger partial charge in [-0.3, -0.25) is 4.99 Å². The molecule has 1 unspecified atom stereocenters. The molecule has 0 aliphatic rings. The lowest BCUT2D eigenvalue weighted by atomic mass is 10.1. The van der Waals surface area contributed by atoms with Crippen LogP contribution in [0.2, 0.25) is 0 Å². The molecule has 0 aromatic heterocycles. The number of aliphatic imine (C=N–C) groups is 1. The summed E-state index contributed by atoms with van der Waals surface area (Å²) in [5.74, 6) is 0.536. The van der Waals surface area contributed by atoms with Gasteiger partial charge in [0.1, 0.15) is 12.4 Å². The number of nitrogens with zero attached hydrogens (tertiary/aromatic N) is 1. The second-order valence-corrected chi connectivity index (χ2v) is 6.85. The minimum atomic E-state index is -0.611. The second-order valence-electron chi connectivity index (χ2n) is 6.85. The molecule has 2 N–H and O–H groups in total. The predicted molar refractivity (Wildman–Crippen MR) is 96.1 cm³/mol. The molecule has 128 valence electrons. The van der Waals surface area contributed by atoms with Gasteiger partial charge in [-0.15, -0.1) is 0 Å². The van der Waals surface area contributed by atoms with Gasteiger partial charge in [-0.05, 0) is 56.3 Å². The van der Waals surface area contributed by atoms with E-state index in [-0.39, 0.29) is 5.90 Å². The van der Waals surface area contributed by atoms with E-state index < -0.39 is 11.6 Å². The van der Waals surface area contributed by atoms with Crippen LogP contribution >= 0.6 is 0 Å². The minimum Gasteiger partial charge on any atom is -0.861 e. The van der Waals surface area contributed by atoms with Crippen molar-refractivity contribution in [3.63, 3.8) is 0 Å². The largest absolute Gasteiger partial charge is 0.861 e. The SMILES string of the molecule is CC(C)(C)N=C([O-])C(N)Cc1ccc(OCc2ccccc2)cc1. The summed E-state index contributed by atoms with van der Waals surface area (Å²) < 4.78 is 5.75. The maximum atomic E-state index is 12.0. The summed E-state index contributed by atoms with van der Waals surface area (Å²) in [4.78, 5) is 4.10. The average Bonchev–Trinajstić information content (AvgIpc) is 2.53. The number of rotatable bonds is 6. The van der Waals surface area contributed by atoms with Gasteiger partial charge in [0.25, 0.3) is 0 Å². The summed E-state index contributed by atoms with van der Waals surface area (Å²) in [5, 5.41) is 12.0. The highest BCUT2D eigenvalue weighted by Crippen LogP contribution is 2.15. The van der Waals surface area contributed by atoms with Gasteiger partial charge in [0, 0.05) is 6.04 Å². The minimum absolute atomic E-state index is 0.257. The molecule has 0 saturated carbocycles. The van der Waals surface area contributed by atoms with Crippen molar-refractivity contribution in [3.05, 3.63) is 65.7 Å². The first-order chi connectivity index (χ1) is 11.3. The van der Waals surface area contributed by atoms with Gasteiger partial charge >= 0.3 is 0 Å². The molecule has 0 spiro atoms. The van der Waals surface area contributed by atoms with E-state index >= 15 is 0 Å². The van der Waals surface area contributed by atoms with Crippen molar-refractivity contribution in [3.8, 4) is 5.75 Å². The van der Waals surface area contributed by atoms with Crippen molar-refractivity contribution in [2.75, 3.05) is 0 Å². The van der Waals surface area contributed by atoms with Crippen LogP contribution in [0.15, 0.2) is 59.6 Å². The molecular weight excluding hydrogens is 300 g/mol. The molecule has 0 aliphatic heterocycles. The van der Waals surface area contributed by atoms with Gasteiger partial charge in [0.05, 0.1) is 5.54 Å². The van der Waals surface area contributed by atoms with E-state index in [4.69, 9.17) is 10.5 Å². The Morgan fingerprint density at radius 2 is 1.67 bits per heavy atom.